The average Bonchev–Trinajstić information content (AvgIpc) is 3.88. The summed E-state index contributed by atoms with van der Waals surface area (Å²) in [5, 5.41) is 24.5. The molecule has 0 amide bonds. The third-order valence-electron chi connectivity index (χ3n) is 9.85. The van der Waals surface area contributed by atoms with E-state index in [0.717, 1.165) is 27.1 Å². The monoisotopic (exact) mass is 680 g/mol. The highest BCUT2D eigenvalue weighted by molar-refractivity contribution is 7.10. The second-order valence-corrected chi connectivity index (χ2v) is 13.4. The quantitative estimate of drug-likeness (QED) is 0.264. The van der Waals surface area contributed by atoms with Crippen LogP contribution in [0.2, 0.25) is 0 Å². The Labute approximate surface area is 280 Å². The molecule has 0 unspecified atom stereocenters. The number of esters is 1. The highest BCUT2D eigenvalue weighted by Gasteiger charge is 2.56. The minimum absolute atomic E-state index is 0.0490. The summed E-state index contributed by atoms with van der Waals surface area (Å²) in [5.41, 5.74) is 3.10. The molecule has 10 atom stereocenters. The summed E-state index contributed by atoms with van der Waals surface area (Å²) in [6.45, 7) is 4.12. The minimum atomic E-state index is -1.45. The number of fused-ring (bicyclic) bond motifs is 4. The van der Waals surface area contributed by atoms with Crippen molar-refractivity contribution in [2.45, 2.75) is 55.4 Å². The Balaban J connectivity index is 1.16. The normalized spacial score (nSPS) is 33.3. The number of rotatable bonds is 8. The topological polar surface area (TPSA) is 141 Å². The summed E-state index contributed by atoms with van der Waals surface area (Å²) < 4.78 is 53.6. The zero-order valence-electron chi connectivity index (χ0n) is 26.3. The molecule has 8 rings (SSSR count). The van der Waals surface area contributed by atoms with Crippen molar-refractivity contribution < 1.29 is 57.6 Å². The standard InChI is InChI=1S/C35H36O12S/c1-4-6-17-21(39-2)9-16(10-22(17)40-3)27-18-11-23-24(44-15-43-23)12-19(18)31(20-13-41-33(38)28(20)27)46-35-30(37)29(36)32-25(45-35)14-42-34(47-32)26-7-5-8-48-26/h4-5,7-12,20,25,27-32,34-37H,1,6,13-15H2,2-3H3/t20-,25+,27+,28-,29+,30+,31+,32+,34+,35-/m0/s1. The van der Waals surface area contributed by atoms with Crippen LogP contribution in [-0.2, 0) is 34.9 Å². The minimum Gasteiger partial charge on any atom is -0.496 e. The van der Waals surface area contributed by atoms with E-state index in [1.807, 2.05) is 41.8 Å². The Morgan fingerprint density at radius 1 is 0.979 bits per heavy atom. The van der Waals surface area contributed by atoms with Gasteiger partial charge in [0.25, 0.3) is 0 Å². The van der Waals surface area contributed by atoms with Gasteiger partial charge >= 0.3 is 5.97 Å². The SMILES string of the molecule is C=CCc1c(OC)cc([C@@H]2c3cc4c(cc3[C@@H](O[C@@H]3O[C@@H]5CO[C@@H](c6cccs6)O[C@H]5[C@H](O)[C@H]3O)[C@H]3COC(=O)[C@H]23)OCO4)cc1OC. The van der Waals surface area contributed by atoms with Gasteiger partial charge in [-0.15, -0.1) is 17.9 Å². The number of benzene rings is 2. The molecule has 0 bridgehead atoms. The van der Waals surface area contributed by atoms with Crippen molar-refractivity contribution in [1.82, 2.24) is 0 Å². The number of aliphatic hydroxyl groups excluding tert-OH is 2. The highest BCUT2D eigenvalue weighted by Crippen LogP contribution is 2.56. The van der Waals surface area contributed by atoms with Gasteiger partial charge in [0.15, 0.2) is 24.1 Å². The van der Waals surface area contributed by atoms with E-state index in [-0.39, 0.29) is 26.0 Å². The summed E-state index contributed by atoms with van der Waals surface area (Å²) >= 11 is 1.47. The number of carbonyl (C=O) groups excluding carboxylic acids is 1. The first-order valence-corrected chi connectivity index (χ1v) is 16.7. The van der Waals surface area contributed by atoms with Gasteiger partial charge < -0.3 is 52.8 Å². The van der Waals surface area contributed by atoms with Crippen LogP contribution in [0.3, 0.4) is 0 Å². The summed E-state index contributed by atoms with van der Waals surface area (Å²) in [7, 11) is 3.18. The molecule has 4 aliphatic heterocycles. The molecule has 1 aromatic heterocycles. The zero-order valence-corrected chi connectivity index (χ0v) is 27.1. The van der Waals surface area contributed by atoms with Crippen LogP contribution in [0.1, 0.15) is 45.4 Å². The van der Waals surface area contributed by atoms with Gasteiger partial charge in [0.2, 0.25) is 6.79 Å². The number of hydrogen-bond acceptors (Lipinski definition) is 13. The van der Waals surface area contributed by atoms with Gasteiger partial charge in [-0.05, 0) is 58.8 Å². The van der Waals surface area contributed by atoms with Crippen LogP contribution in [0.25, 0.3) is 0 Å². The maximum atomic E-state index is 13.6. The van der Waals surface area contributed by atoms with Crippen LogP contribution in [-0.4, -0.2) is 81.1 Å². The van der Waals surface area contributed by atoms with E-state index in [2.05, 4.69) is 6.58 Å². The van der Waals surface area contributed by atoms with Crippen molar-refractivity contribution in [2.24, 2.45) is 11.8 Å². The third-order valence-corrected chi connectivity index (χ3v) is 10.7. The lowest BCUT2D eigenvalue weighted by atomic mass is 9.66. The van der Waals surface area contributed by atoms with Crippen molar-refractivity contribution in [3.05, 3.63) is 81.6 Å². The molecule has 12 nitrogen and oxygen atoms in total. The summed E-state index contributed by atoms with van der Waals surface area (Å²) in [6.07, 6.45) is -4.73. The fourth-order valence-corrected chi connectivity index (χ4v) is 8.33. The molecule has 3 saturated heterocycles. The number of cyclic esters (lactones) is 1. The maximum absolute atomic E-state index is 13.6. The van der Waals surface area contributed by atoms with Gasteiger partial charge in [-0.1, -0.05) is 12.1 Å². The van der Waals surface area contributed by atoms with Gasteiger partial charge in [-0.3, -0.25) is 4.79 Å². The number of carbonyl (C=O) groups is 1. The van der Waals surface area contributed by atoms with Crippen LogP contribution in [0.5, 0.6) is 23.0 Å². The molecule has 3 fully saturated rings. The largest absolute Gasteiger partial charge is 0.496 e. The molecule has 1 aliphatic carbocycles. The number of ether oxygens (including phenoxy) is 9. The van der Waals surface area contributed by atoms with Crippen LogP contribution < -0.4 is 18.9 Å². The Morgan fingerprint density at radius 2 is 1.73 bits per heavy atom. The zero-order chi connectivity index (χ0) is 33.1. The summed E-state index contributed by atoms with van der Waals surface area (Å²) in [5.74, 6) is 0.252. The first-order chi connectivity index (χ1) is 23.4. The Kier molecular flexibility index (Phi) is 8.32. The lowest BCUT2D eigenvalue weighted by Crippen LogP contribution is -2.62. The first-order valence-electron chi connectivity index (χ1n) is 15.8. The lowest BCUT2D eigenvalue weighted by molar-refractivity contribution is -0.368. The molecule has 48 heavy (non-hydrogen) atoms. The summed E-state index contributed by atoms with van der Waals surface area (Å²) in [6, 6.07) is 11.3. The molecule has 0 saturated carbocycles. The number of aliphatic hydroxyl groups is 2. The van der Waals surface area contributed by atoms with E-state index in [1.54, 1.807) is 20.3 Å². The van der Waals surface area contributed by atoms with Crippen molar-refractivity contribution in [3.63, 3.8) is 0 Å². The number of thiophene rings is 1. The van der Waals surface area contributed by atoms with Crippen molar-refractivity contribution in [2.75, 3.05) is 34.2 Å². The van der Waals surface area contributed by atoms with Gasteiger partial charge in [0, 0.05) is 17.4 Å². The molecule has 0 radical (unpaired) electrons. The predicted octanol–water partition coefficient (Wildman–Crippen LogP) is 3.78. The molecule has 5 heterocycles. The molecule has 3 aromatic rings. The second kappa shape index (κ2) is 12.6. The van der Waals surface area contributed by atoms with E-state index >= 15 is 0 Å². The van der Waals surface area contributed by atoms with Gasteiger partial charge in [-0.2, -0.15) is 0 Å². The molecule has 2 aromatic carbocycles. The molecule has 13 heteroatoms. The van der Waals surface area contributed by atoms with Crippen molar-refractivity contribution >= 4 is 17.3 Å². The van der Waals surface area contributed by atoms with E-state index in [1.165, 1.54) is 11.3 Å². The van der Waals surface area contributed by atoms with E-state index in [9.17, 15) is 15.0 Å². The average molecular weight is 681 g/mol. The smallest absolute Gasteiger partial charge is 0.310 e. The Bertz CT molecular complexity index is 1670. The fourth-order valence-electron chi connectivity index (χ4n) is 7.62. The molecular formula is C35H36O12S. The number of hydrogen-bond donors (Lipinski definition) is 2. The van der Waals surface area contributed by atoms with E-state index < -0.39 is 60.9 Å². The maximum Gasteiger partial charge on any atom is 0.310 e. The Morgan fingerprint density at radius 3 is 2.42 bits per heavy atom. The fraction of sp³-hybridized carbons (Fsp3) is 0.457. The number of methoxy groups -OCH3 is 2. The molecular weight excluding hydrogens is 644 g/mol. The highest BCUT2D eigenvalue weighted by atomic mass is 32.1. The summed E-state index contributed by atoms with van der Waals surface area (Å²) in [4.78, 5) is 14.5. The van der Waals surface area contributed by atoms with Crippen molar-refractivity contribution in [1.29, 1.82) is 0 Å². The molecule has 254 valence electrons. The van der Waals surface area contributed by atoms with Crippen LogP contribution in [0.4, 0.5) is 0 Å². The Hall–Kier alpha value is -3.69. The van der Waals surface area contributed by atoms with Gasteiger partial charge in [0.05, 0.1) is 44.3 Å². The lowest BCUT2D eigenvalue weighted by Gasteiger charge is -2.48. The van der Waals surface area contributed by atoms with Crippen molar-refractivity contribution in [3.8, 4) is 23.0 Å². The number of allylic oxidation sites excluding steroid dienone is 1. The molecule has 0 spiro atoms. The van der Waals surface area contributed by atoms with E-state index in [0.29, 0.717) is 29.4 Å². The van der Waals surface area contributed by atoms with Gasteiger partial charge in [0.1, 0.15) is 35.9 Å². The van der Waals surface area contributed by atoms with Gasteiger partial charge in [-0.25, -0.2) is 0 Å². The third kappa shape index (κ3) is 5.16. The predicted molar refractivity (Wildman–Crippen MR) is 168 cm³/mol. The van der Waals surface area contributed by atoms with Crippen LogP contribution in [0.15, 0.2) is 54.4 Å². The molecule has 5 aliphatic rings. The van der Waals surface area contributed by atoms with E-state index in [4.69, 9.17) is 42.6 Å². The van der Waals surface area contributed by atoms with Crippen LogP contribution >= 0.6 is 11.3 Å². The second-order valence-electron chi connectivity index (χ2n) is 12.4. The first kappa shape index (κ1) is 31.6. The van der Waals surface area contributed by atoms with Crippen LogP contribution in [0, 0.1) is 11.8 Å². The molecule has 2 N–H and O–H groups in total.